The minimum Gasteiger partial charge on any atom is -0.392 e. The van der Waals surface area contributed by atoms with Crippen LogP contribution in [0.2, 0.25) is 0 Å². The molecule has 3 rings (SSSR count). The number of benzene rings is 1. The molecule has 84 valence electrons. The van der Waals surface area contributed by atoms with Crippen LogP contribution in [0.1, 0.15) is 37.7 Å². The Bertz CT molecular complexity index is 407. The van der Waals surface area contributed by atoms with Crippen LogP contribution in [0, 0.1) is 5.41 Å². The van der Waals surface area contributed by atoms with Gasteiger partial charge in [-0.05, 0) is 43.2 Å². The molecule has 1 nitrogen and oxygen atoms in total. The van der Waals surface area contributed by atoms with Crippen molar-refractivity contribution in [1.82, 2.24) is 0 Å². The molecule has 0 aromatic heterocycles. The second-order valence-electron chi connectivity index (χ2n) is 5.09. The van der Waals surface area contributed by atoms with Gasteiger partial charge in [0.1, 0.15) is 0 Å². The second kappa shape index (κ2) is 3.74. The monoisotopic (exact) mass is 214 g/mol. The van der Waals surface area contributed by atoms with Crippen LogP contribution in [0.4, 0.5) is 0 Å². The van der Waals surface area contributed by atoms with E-state index in [9.17, 15) is 5.11 Å². The van der Waals surface area contributed by atoms with Gasteiger partial charge in [-0.1, -0.05) is 36.4 Å². The summed E-state index contributed by atoms with van der Waals surface area (Å²) in [6.45, 7) is 0. The molecule has 2 atom stereocenters. The normalized spacial score (nSPS) is 33.3. The third-order valence-corrected chi connectivity index (χ3v) is 4.30. The lowest BCUT2D eigenvalue weighted by atomic mass is 9.75. The third-order valence-electron chi connectivity index (χ3n) is 4.30. The minimum atomic E-state index is -0.124. The smallest absolute Gasteiger partial charge is 0.0637 e. The molecule has 16 heavy (non-hydrogen) atoms. The number of hydrogen-bond donors (Lipinski definition) is 1. The lowest BCUT2D eigenvalue weighted by molar-refractivity contribution is 0.0925. The summed E-state index contributed by atoms with van der Waals surface area (Å²) >= 11 is 0. The Morgan fingerprint density at radius 2 is 1.94 bits per heavy atom. The molecule has 0 amide bonds. The standard InChI is InChI=1S/C15H18O/c16-14-9-5-11-15(14)10-4-8-13(15)12-6-2-1-3-7-12/h1-3,6-8,14,16H,4-5,9-11H2/t14-,15-/m0/s1. The van der Waals surface area contributed by atoms with Crippen LogP contribution in [-0.2, 0) is 0 Å². The van der Waals surface area contributed by atoms with E-state index in [0.717, 1.165) is 25.7 Å². The van der Waals surface area contributed by atoms with Gasteiger partial charge < -0.3 is 5.11 Å². The van der Waals surface area contributed by atoms with E-state index in [1.807, 2.05) is 0 Å². The van der Waals surface area contributed by atoms with E-state index in [-0.39, 0.29) is 11.5 Å². The maximum absolute atomic E-state index is 10.3. The van der Waals surface area contributed by atoms with Crippen LogP contribution >= 0.6 is 0 Å². The van der Waals surface area contributed by atoms with E-state index >= 15 is 0 Å². The highest BCUT2D eigenvalue weighted by Crippen LogP contribution is 2.55. The third kappa shape index (κ3) is 1.35. The first kappa shape index (κ1) is 10.1. The predicted molar refractivity (Wildman–Crippen MR) is 65.9 cm³/mol. The molecule has 0 heterocycles. The summed E-state index contributed by atoms with van der Waals surface area (Å²) in [5.74, 6) is 0. The molecule has 2 aliphatic rings. The molecule has 1 spiro atoms. The molecule has 0 aliphatic heterocycles. The first-order valence-corrected chi connectivity index (χ1v) is 6.27. The molecule has 1 aromatic carbocycles. The van der Waals surface area contributed by atoms with Crippen molar-refractivity contribution in [2.24, 2.45) is 5.41 Å². The number of hydrogen-bond acceptors (Lipinski definition) is 1. The van der Waals surface area contributed by atoms with Crippen molar-refractivity contribution in [3.63, 3.8) is 0 Å². The zero-order chi connectivity index (χ0) is 11.0. The Kier molecular flexibility index (Phi) is 2.36. The van der Waals surface area contributed by atoms with E-state index in [1.54, 1.807) is 0 Å². The van der Waals surface area contributed by atoms with Crippen molar-refractivity contribution < 1.29 is 5.11 Å². The Morgan fingerprint density at radius 1 is 1.12 bits per heavy atom. The van der Waals surface area contributed by atoms with Crippen molar-refractivity contribution in [2.75, 3.05) is 0 Å². The molecule has 1 fully saturated rings. The van der Waals surface area contributed by atoms with Gasteiger partial charge in [0, 0.05) is 5.41 Å². The van der Waals surface area contributed by atoms with Gasteiger partial charge in [-0.25, -0.2) is 0 Å². The molecule has 0 radical (unpaired) electrons. The Labute approximate surface area is 96.8 Å². The molecule has 0 bridgehead atoms. The number of allylic oxidation sites excluding steroid dienone is 1. The molecule has 0 unspecified atom stereocenters. The van der Waals surface area contributed by atoms with Crippen molar-refractivity contribution in [3.05, 3.63) is 42.0 Å². The van der Waals surface area contributed by atoms with Gasteiger partial charge >= 0.3 is 0 Å². The molecule has 0 saturated heterocycles. The number of aliphatic hydroxyl groups is 1. The quantitative estimate of drug-likeness (QED) is 0.759. The number of rotatable bonds is 1. The lowest BCUT2D eigenvalue weighted by Gasteiger charge is -2.31. The van der Waals surface area contributed by atoms with Crippen LogP contribution in [-0.4, -0.2) is 11.2 Å². The summed E-state index contributed by atoms with van der Waals surface area (Å²) < 4.78 is 0. The van der Waals surface area contributed by atoms with Crippen molar-refractivity contribution in [2.45, 2.75) is 38.2 Å². The van der Waals surface area contributed by atoms with Gasteiger partial charge in [0.2, 0.25) is 0 Å². The van der Waals surface area contributed by atoms with Gasteiger partial charge in [-0.3, -0.25) is 0 Å². The molecule has 1 N–H and O–H groups in total. The van der Waals surface area contributed by atoms with Gasteiger partial charge in [0.25, 0.3) is 0 Å². The summed E-state index contributed by atoms with van der Waals surface area (Å²) in [5, 5.41) is 10.3. The number of aliphatic hydroxyl groups excluding tert-OH is 1. The van der Waals surface area contributed by atoms with Crippen LogP contribution in [0.3, 0.4) is 0 Å². The summed E-state index contributed by atoms with van der Waals surface area (Å²) in [7, 11) is 0. The molecule has 1 saturated carbocycles. The topological polar surface area (TPSA) is 20.2 Å². The Balaban J connectivity index is 2.01. The maximum atomic E-state index is 10.3. The Hall–Kier alpha value is -1.08. The largest absolute Gasteiger partial charge is 0.392 e. The maximum Gasteiger partial charge on any atom is 0.0637 e. The van der Waals surface area contributed by atoms with E-state index in [1.165, 1.54) is 17.6 Å². The first-order valence-electron chi connectivity index (χ1n) is 6.27. The van der Waals surface area contributed by atoms with Crippen molar-refractivity contribution >= 4 is 5.57 Å². The summed E-state index contributed by atoms with van der Waals surface area (Å²) in [5.41, 5.74) is 2.79. The fourth-order valence-electron chi connectivity index (χ4n) is 3.49. The van der Waals surface area contributed by atoms with Crippen LogP contribution in [0.25, 0.3) is 5.57 Å². The summed E-state index contributed by atoms with van der Waals surface area (Å²) in [4.78, 5) is 0. The molecule has 2 aliphatic carbocycles. The predicted octanol–water partition coefficient (Wildman–Crippen LogP) is 3.40. The Morgan fingerprint density at radius 3 is 2.62 bits per heavy atom. The average molecular weight is 214 g/mol. The fraction of sp³-hybridized carbons (Fsp3) is 0.467. The van der Waals surface area contributed by atoms with Gasteiger partial charge in [-0.15, -0.1) is 0 Å². The van der Waals surface area contributed by atoms with Crippen LogP contribution < -0.4 is 0 Å². The average Bonchev–Trinajstić information content (AvgIpc) is 2.90. The molecular weight excluding hydrogens is 196 g/mol. The SMILES string of the molecule is O[C@H]1CCC[C@]12CCC=C2c1ccccc1. The second-order valence-corrected chi connectivity index (χ2v) is 5.09. The zero-order valence-electron chi connectivity index (χ0n) is 9.52. The van der Waals surface area contributed by atoms with Crippen LogP contribution in [0.5, 0.6) is 0 Å². The highest BCUT2D eigenvalue weighted by molar-refractivity contribution is 5.73. The first-order chi connectivity index (χ1) is 7.83. The van der Waals surface area contributed by atoms with Gasteiger partial charge in [-0.2, -0.15) is 0 Å². The van der Waals surface area contributed by atoms with E-state index in [4.69, 9.17) is 0 Å². The van der Waals surface area contributed by atoms with Crippen molar-refractivity contribution in [3.8, 4) is 0 Å². The van der Waals surface area contributed by atoms with Gasteiger partial charge in [0.05, 0.1) is 6.10 Å². The zero-order valence-corrected chi connectivity index (χ0v) is 9.52. The molecule has 1 aromatic rings. The van der Waals surface area contributed by atoms with E-state index in [0.29, 0.717) is 0 Å². The highest BCUT2D eigenvalue weighted by atomic mass is 16.3. The molecular formula is C15H18O. The summed E-state index contributed by atoms with van der Waals surface area (Å²) in [6, 6.07) is 10.6. The summed E-state index contributed by atoms with van der Waals surface area (Å²) in [6.07, 6.45) is 7.79. The lowest BCUT2D eigenvalue weighted by Crippen LogP contribution is -2.28. The van der Waals surface area contributed by atoms with E-state index < -0.39 is 0 Å². The van der Waals surface area contributed by atoms with Crippen LogP contribution in [0.15, 0.2) is 36.4 Å². The van der Waals surface area contributed by atoms with Gasteiger partial charge in [0.15, 0.2) is 0 Å². The molecule has 1 heteroatoms. The van der Waals surface area contributed by atoms with E-state index in [2.05, 4.69) is 36.4 Å². The van der Waals surface area contributed by atoms with Crippen molar-refractivity contribution in [1.29, 1.82) is 0 Å². The highest BCUT2D eigenvalue weighted by Gasteiger charge is 2.46. The minimum absolute atomic E-state index is 0.0847. The fourth-order valence-corrected chi connectivity index (χ4v) is 3.49.